The van der Waals surface area contributed by atoms with Crippen molar-refractivity contribution in [3.63, 3.8) is 0 Å². The summed E-state index contributed by atoms with van der Waals surface area (Å²) in [5.41, 5.74) is 2.76. The third kappa shape index (κ3) is 4.50. The molecule has 0 aliphatic rings. The summed E-state index contributed by atoms with van der Waals surface area (Å²) in [6.07, 6.45) is 2.46. The molecule has 0 unspecified atom stereocenters. The Kier molecular flexibility index (Phi) is 5.71. The molecule has 3 rings (SSSR count). The van der Waals surface area contributed by atoms with Crippen molar-refractivity contribution in [1.82, 2.24) is 9.97 Å². The number of hydrogen-bond donors (Lipinski definition) is 2. The van der Waals surface area contributed by atoms with Crippen LogP contribution in [0.2, 0.25) is 10.0 Å². The molecule has 5 nitrogen and oxygen atoms in total. The Morgan fingerprint density at radius 3 is 2.54 bits per heavy atom. The van der Waals surface area contributed by atoms with Gasteiger partial charge in [0.2, 0.25) is 5.95 Å². The monoisotopic (exact) mass is 386 g/mol. The quantitative estimate of drug-likeness (QED) is 0.620. The van der Waals surface area contributed by atoms with Crippen LogP contribution >= 0.6 is 23.2 Å². The number of aryl methyl sites for hydroxylation is 1. The van der Waals surface area contributed by atoms with Gasteiger partial charge in [0, 0.05) is 16.9 Å². The number of benzene rings is 2. The minimum atomic E-state index is -0.318. The highest BCUT2D eigenvalue weighted by Crippen LogP contribution is 2.27. The maximum Gasteiger partial charge on any atom is 0.274 e. The lowest BCUT2D eigenvalue weighted by molar-refractivity contribution is 0.102. The van der Waals surface area contributed by atoms with E-state index in [-0.39, 0.29) is 17.5 Å². The number of nitrogens with zero attached hydrogens (tertiary/aromatic N) is 2. The molecule has 1 amide bonds. The van der Waals surface area contributed by atoms with Crippen molar-refractivity contribution in [2.45, 2.75) is 13.3 Å². The maximum absolute atomic E-state index is 12.4. The molecule has 7 heteroatoms. The molecule has 2 N–H and O–H groups in total. The lowest BCUT2D eigenvalue weighted by Crippen LogP contribution is -2.14. The van der Waals surface area contributed by atoms with Crippen molar-refractivity contribution in [2.75, 3.05) is 10.6 Å². The molecule has 0 radical (unpaired) electrons. The van der Waals surface area contributed by atoms with Crippen LogP contribution in [0.4, 0.5) is 17.3 Å². The van der Waals surface area contributed by atoms with Gasteiger partial charge in [0.15, 0.2) is 0 Å². The van der Waals surface area contributed by atoms with E-state index in [2.05, 4.69) is 27.5 Å². The second-order valence-corrected chi connectivity index (χ2v) is 6.36. The number of rotatable bonds is 5. The van der Waals surface area contributed by atoms with Crippen molar-refractivity contribution in [3.8, 4) is 0 Å². The van der Waals surface area contributed by atoms with Gasteiger partial charge in [-0.15, -0.1) is 0 Å². The number of aromatic nitrogens is 2. The summed E-state index contributed by atoms with van der Waals surface area (Å²) in [4.78, 5) is 20.8. The molecule has 3 aromatic rings. The topological polar surface area (TPSA) is 66.9 Å². The van der Waals surface area contributed by atoms with Crippen LogP contribution in [0.1, 0.15) is 23.0 Å². The van der Waals surface area contributed by atoms with E-state index in [1.54, 1.807) is 24.3 Å². The van der Waals surface area contributed by atoms with Crippen molar-refractivity contribution >= 4 is 46.4 Å². The fraction of sp³-hybridized carbons (Fsp3) is 0.105. The Morgan fingerprint density at radius 2 is 1.85 bits per heavy atom. The summed E-state index contributed by atoms with van der Waals surface area (Å²) in [5.74, 6) is -0.0508. The fourth-order valence-corrected chi connectivity index (χ4v) is 2.73. The molecule has 132 valence electrons. The molecule has 0 spiro atoms. The summed E-state index contributed by atoms with van der Waals surface area (Å²) >= 11 is 12.0. The summed E-state index contributed by atoms with van der Waals surface area (Å²) < 4.78 is 0. The van der Waals surface area contributed by atoms with E-state index in [1.807, 2.05) is 24.3 Å². The molecule has 0 aliphatic heterocycles. The summed E-state index contributed by atoms with van der Waals surface area (Å²) in [7, 11) is 0. The Hall–Kier alpha value is -2.63. The van der Waals surface area contributed by atoms with Gasteiger partial charge >= 0.3 is 0 Å². The van der Waals surface area contributed by atoms with Crippen LogP contribution in [0.25, 0.3) is 0 Å². The van der Waals surface area contributed by atoms with E-state index < -0.39 is 0 Å². The number of hydrogen-bond acceptors (Lipinski definition) is 4. The summed E-state index contributed by atoms with van der Waals surface area (Å²) in [5, 5.41) is 6.77. The SMILES string of the molecule is CCc1ccc(NC(=O)c2ccnc(Nc3ccc(Cl)cc3Cl)n2)cc1. The molecule has 26 heavy (non-hydrogen) atoms. The lowest BCUT2D eigenvalue weighted by Gasteiger charge is -2.09. The predicted octanol–water partition coefficient (Wildman–Crippen LogP) is 5.34. The number of anilines is 3. The number of nitrogens with one attached hydrogen (secondary N) is 2. The Bertz CT molecular complexity index is 929. The molecule has 1 heterocycles. The van der Waals surface area contributed by atoms with Crippen LogP contribution in [0.3, 0.4) is 0 Å². The molecule has 0 saturated heterocycles. The average Bonchev–Trinajstić information content (AvgIpc) is 2.65. The highest BCUT2D eigenvalue weighted by molar-refractivity contribution is 6.36. The molecular formula is C19H16Cl2N4O. The molecular weight excluding hydrogens is 371 g/mol. The zero-order valence-electron chi connectivity index (χ0n) is 14.0. The Labute approximate surface area is 161 Å². The molecule has 0 aliphatic carbocycles. The van der Waals surface area contributed by atoms with Crippen molar-refractivity contribution in [3.05, 3.63) is 76.0 Å². The highest BCUT2D eigenvalue weighted by Gasteiger charge is 2.10. The van der Waals surface area contributed by atoms with E-state index in [0.29, 0.717) is 21.4 Å². The van der Waals surface area contributed by atoms with Crippen LogP contribution < -0.4 is 10.6 Å². The summed E-state index contributed by atoms with van der Waals surface area (Å²) in [6.45, 7) is 2.08. The molecule has 0 fully saturated rings. The van der Waals surface area contributed by atoms with Gasteiger partial charge in [0.25, 0.3) is 5.91 Å². The van der Waals surface area contributed by atoms with Gasteiger partial charge in [-0.25, -0.2) is 9.97 Å². The average molecular weight is 387 g/mol. The van der Waals surface area contributed by atoms with Gasteiger partial charge in [-0.2, -0.15) is 0 Å². The van der Waals surface area contributed by atoms with E-state index in [0.717, 1.165) is 6.42 Å². The van der Waals surface area contributed by atoms with Crippen LogP contribution in [0.5, 0.6) is 0 Å². The Balaban J connectivity index is 1.74. The van der Waals surface area contributed by atoms with Crippen molar-refractivity contribution in [1.29, 1.82) is 0 Å². The van der Waals surface area contributed by atoms with Gasteiger partial charge in [0.1, 0.15) is 5.69 Å². The minimum absolute atomic E-state index is 0.243. The largest absolute Gasteiger partial charge is 0.323 e. The normalized spacial score (nSPS) is 10.4. The van der Waals surface area contributed by atoms with Gasteiger partial charge in [0.05, 0.1) is 10.7 Å². The number of carbonyl (C=O) groups excluding carboxylic acids is 1. The van der Waals surface area contributed by atoms with Gasteiger partial charge < -0.3 is 10.6 Å². The minimum Gasteiger partial charge on any atom is -0.323 e. The third-order valence-corrected chi connectivity index (χ3v) is 4.23. The smallest absolute Gasteiger partial charge is 0.274 e. The van der Waals surface area contributed by atoms with E-state index in [9.17, 15) is 4.79 Å². The fourth-order valence-electron chi connectivity index (χ4n) is 2.28. The van der Waals surface area contributed by atoms with Crippen LogP contribution in [-0.4, -0.2) is 15.9 Å². The van der Waals surface area contributed by atoms with Crippen LogP contribution in [0.15, 0.2) is 54.7 Å². The second kappa shape index (κ2) is 8.17. The first kappa shape index (κ1) is 18.2. The van der Waals surface area contributed by atoms with E-state index >= 15 is 0 Å². The number of halogens is 2. The number of amides is 1. The van der Waals surface area contributed by atoms with Crippen LogP contribution in [-0.2, 0) is 6.42 Å². The maximum atomic E-state index is 12.4. The molecule has 1 aromatic heterocycles. The first-order chi connectivity index (χ1) is 12.5. The third-order valence-electron chi connectivity index (χ3n) is 3.69. The lowest BCUT2D eigenvalue weighted by atomic mass is 10.1. The molecule has 0 atom stereocenters. The standard InChI is InChI=1S/C19H16Cl2N4O/c1-2-12-3-6-14(7-4-12)23-18(26)17-9-10-22-19(25-17)24-16-8-5-13(20)11-15(16)21/h3-11H,2H2,1H3,(H,23,26)(H,22,24,25). The van der Waals surface area contributed by atoms with Crippen LogP contribution in [0, 0.1) is 0 Å². The molecule has 2 aromatic carbocycles. The first-order valence-corrected chi connectivity index (χ1v) is 8.76. The van der Waals surface area contributed by atoms with E-state index in [4.69, 9.17) is 23.2 Å². The van der Waals surface area contributed by atoms with Gasteiger partial charge in [-0.05, 0) is 48.4 Å². The molecule has 0 bridgehead atoms. The second-order valence-electron chi connectivity index (χ2n) is 5.52. The van der Waals surface area contributed by atoms with Gasteiger partial charge in [-0.1, -0.05) is 42.3 Å². The zero-order valence-corrected chi connectivity index (χ0v) is 15.5. The van der Waals surface area contributed by atoms with Crippen molar-refractivity contribution in [2.24, 2.45) is 0 Å². The Morgan fingerprint density at radius 1 is 1.08 bits per heavy atom. The predicted molar refractivity (Wildman–Crippen MR) is 106 cm³/mol. The van der Waals surface area contributed by atoms with E-state index in [1.165, 1.54) is 11.8 Å². The van der Waals surface area contributed by atoms with Gasteiger partial charge in [-0.3, -0.25) is 4.79 Å². The zero-order chi connectivity index (χ0) is 18.5. The first-order valence-electron chi connectivity index (χ1n) is 8.00. The number of carbonyl (C=O) groups is 1. The van der Waals surface area contributed by atoms with Crippen molar-refractivity contribution < 1.29 is 4.79 Å². The summed E-state index contributed by atoms with van der Waals surface area (Å²) in [6, 6.07) is 14.3. The molecule has 0 saturated carbocycles. The highest BCUT2D eigenvalue weighted by atomic mass is 35.5.